The second-order valence-corrected chi connectivity index (χ2v) is 7.42. The van der Waals surface area contributed by atoms with Gasteiger partial charge in [-0.2, -0.15) is 5.10 Å². The van der Waals surface area contributed by atoms with Crippen LogP contribution in [0.4, 0.5) is 5.82 Å². The molecule has 0 bridgehead atoms. The van der Waals surface area contributed by atoms with Crippen LogP contribution in [0.25, 0.3) is 11.4 Å². The van der Waals surface area contributed by atoms with Crippen LogP contribution in [0.2, 0.25) is 0 Å². The van der Waals surface area contributed by atoms with Crippen molar-refractivity contribution < 1.29 is 0 Å². The van der Waals surface area contributed by atoms with Crippen molar-refractivity contribution in [2.24, 2.45) is 7.05 Å². The summed E-state index contributed by atoms with van der Waals surface area (Å²) in [6.07, 6.45) is 9.03. The summed E-state index contributed by atoms with van der Waals surface area (Å²) in [5.41, 5.74) is 4.46. The molecular weight excluding hydrogens is 338 g/mol. The quantitative estimate of drug-likeness (QED) is 0.752. The van der Waals surface area contributed by atoms with Gasteiger partial charge >= 0.3 is 0 Å². The van der Waals surface area contributed by atoms with E-state index in [4.69, 9.17) is 9.97 Å². The maximum Gasteiger partial charge on any atom is 0.164 e. The molecule has 0 spiro atoms. The number of nitrogens with one attached hydrogen (secondary N) is 1. The van der Waals surface area contributed by atoms with E-state index in [2.05, 4.69) is 26.4 Å². The number of anilines is 1. The summed E-state index contributed by atoms with van der Waals surface area (Å²) in [7, 11) is 1.92. The summed E-state index contributed by atoms with van der Waals surface area (Å²) in [5.74, 6) is 1.76. The van der Waals surface area contributed by atoms with E-state index in [1.54, 1.807) is 4.68 Å². The molecule has 4 heterocycles. The molecule has 7 heteroatoms. The van der Waals surface area contributed by atoms with E-state index in [0.717, 1.165) is 54.6 Å². The van der Waals surface area contributed by atoms with Crippen LogP contribution < -0.4 is 5.32 Å². The predicted molar refractivity (Wildman–Crippen MR) is 103 cm³/mol. The third-order valence-corrected chi connectivity index (χ3v) is 5.13. The van der Waals surface area contributed by atoms with Crippen LogP contribution in [0.3, 0.4) is 0 Å². The number of rotatable bonds is 5. The molecule has 1 aliphatic carbocycles. The first-order valence-electron chi connectivity index (χ1n) is 9.52. The molecule has 138 valence electrons. The average Bonchev–Trinajstić information content (AvgIpc) is 3.40. The highest BCUT2D eigenvalue weighted by Crippen LogP contribution is 2.31. The van der Waals surface area contributed by atoms with Gasteiger partial charge in [-0.05, 0) is 25.0 Å². The fourth-order valence-corrected chi connectivity index (χ4v) is 3.53. The number of aromatic nitrogens is 5. The monoisotopic (exact) mass is 361 g/mol. The Kier molecular flexibility index (Phi) is 4.09. The minimum absolute atomic E-state index is 0.553. The molecule has 0 amide bonds. The molecule has 3 aromatic rings. The third-order valence-electron chi connectivity index (χ3n) is 5.13. The van der Waals surface area contributed by atoms with Gasteiger partial charge in [0.15, 0.2) is 5.82 Å². The Labute approximate surface area is 158 Å². The first kappa shape index (κ1) is 16.4. The van der Waals surface area contributed by atoms with E-state index in [-0.39, 0.29) is 0 Å². The Morgan fingerprint density at radius 2 is 2.15 bits per heavy atom. The number of fused-ring (bicyclic) bond motifs is 1. The lowest BCUT2D eigenvalue weighted by Gasteiger charge is -2.29. The minimum atomic E-state index is 0.553. The summed E-state index contributed by atoms with van der Waals surface area (Å²) in [5, 5.41) is 7.89. The molecule has 0 unspecified atom stereocenters. The Morgan fingerprint density at radius 3 is 2.89 bits per heavy atom. The van der Waals surface area contributed by atoms with Crippen molar-refractivity contribution in [1.29, 1.82) is 0 Å². The van der Waals surface area contributed by atoms with Crippen molar-refractivity contribution in [3.8, 4) is 11.4 Å². The van der Waals surface area contributed by atoms with Crippen molar-refractivity contribution in [2.75, 3.05) is 11.9 Å². The van der Waals surface area contributed by atoms with Crippen LogP contribution >= 0.6 is 0 Å². The van der Waals surface area contributed by atoms with Gasteiger partial charge < -0.3 is 5.32 Å². The lowest BCUT2D eigenvalue weighted by atomic mass is 10.0. The largest absolute Gasteiger partial charge is 0.367 e. The zero-order valence-electron chi connectivity index (χ0n) is 15.5. The highest BCUT2D eigenvalue weighted by molar-refractivity contribution is 5.59. The van der Waals surface area contributed by atoms with Crippen LogP contribution in [0, 0.1) is 0 Å². The number of hydrogen-bond acceptors (Lipinski definition) is 6. The van der Waals surface area contributed by atoms with Gasteiger partial charge in [0.25, 0.3) is 0 Å². The van der Waals surface area contributed by atoms with Gasteiger partial charge in [-0.3, -0.25) is 14.6 Å². The van der Waals surface area contributed by atoms with E-state index in [9.17, 15) is 0 Å². The highest BCUT2D eigenvalue weighted by atomic mass is 15.2. The molecule has 1 fully saturated rings. The van der Waals surface area contributed by atoms with Gasteiger partial charge in [-0.15, -0.1) is 0 Å². The molecule has 27 heavy (non-hydrogen) atoms. The average molecular weight is 361 g/mol. The molecule has 1 saturated carbocycles. The molecule has 3 aromatic heterocycles. The van der Waals surface area contributed by atoms with Crippen molar-refractivity contribution in [3.05, 3.63) is 53.7 Å². The molecule has 5 rings (SSSR count). The first-order chi connectivity index (χ1) is 13.2. The highest BCUT2D eigenvalue weighted by Gasteiger charge is 2.27. The number of aryl methyl sites for hydroxylation is 1. The van der Waals surface area contributed by atoms with Crippen LogP contribution in [0.15, 0.2) is 36.8 Å². The molecule has 2 aliphatic rings. The second-order valence-electron chi connectivity index (χ2n) is 7.42. The van der Waals surface area contributed by atoms with Gasteiger partial charge in [0, 0.05) is 57.1 Å². The summed E-state index contributed by atoms with van der Waals surface area (Å²) < 4.78 is 1.79. The number of hydrogen-bond donors (Lipinski definition) is 1. The van der Waals surface area contributed by atoms with E-state index < -0.39 is 0 Å². The Morgan fingerprint density at radius 1 is 1.22 bits per heavy atom. The molecule has 1 N–H and O–H groups in total. The topological polar surface area (TPSA) is 71.8 Å². The van der Waals surface area contributed by atoms with Crippen LogP contribution in [-0.2, 0) is 26.6 Å². The fourth-order valence-electron chi connectivity index (χ4n) is 3.53. The summed E-state index contributed by atoms with van der Waals surface area (Å²) >= 11 is 0. The zero-order chi connectivity index (χ0) is 18.2. The van der Waals surface area contributed by atoms with Gasteiger partial charge in [-0.25, -0.2) is 9.97 Å². The van der Waals surface area contributed by atoms with Crippen LogP contribution in [0.5, 0.6) is 0 Å². The SMILES string of the molecule is Cn1cc(-c2nc3c(c(NC4CC4)n2)CN(Cc2ccccn2)CC3)cn1. The molecule has 1 aliphatic heterocycles. The van der Waals surface area contributed by atoms with Crippen LogP contribution in [0.1, 0.15) is 29.8 Å². The Hall–Kier alpha value is -2.80. The van der Waals surface area contributed by atoms with E-state index in [1.165, 1.54) is 18.4 Å². The van der Waals surface area contributed by atoms with Crippen molar-refractivity contribution >= 4 is 5.82 Å². The normalized spacial score (nSPS) is 16.9. The minimum Gasteiger partial charge on any atom is -0.367 e. The predicted octanol–water partition coefficient (Wildman–Crippen LogP) is 2.40. The third kappa shape index (κ3) is 3.55. The molecule has 0 atom stereocenters. The van der Waals surface area contributed by atoms with Crippen molar-refractivity contribution in [3.63, 3.8) is 0 Å². The smallest absolute Gasteiger partial charge is 0.164 e. The molecule has 7 nitrogen and oxygen atoms in total. The fraction of sp³-hybridized carbons (Fsp3) is 0.400. The van der Waals surface area contributed by atoms with Gasteiger partial charge in [0.05, 0.1) is 23.1 Å². The van der Waals surface area contributed by atoms with Gasteiger partial charge in [0.2, 0.25) is 0 Å². The van der Waals surface area contributed by atoms with E-state index >= 15 is 0 Å². The summed E-state index contributed by atoms with van der Waals surface area (Å²) in [6.45, 7) is 2.69. The maximum atomic E-state index is 4.88. The Balaban J connectivity index is 1.45. The summed E-state index contributed by atoms with van der Waals surface area (Å²) in [4.78, 5) is 16.6. The van der Waals surface area contributed by atoms with Crippen LogP contribution in [-0.4, -0.2) is 42.2 Å². The lowest BCUT2D eigenvalue weighted by molar-refractivity contribution is 0.240. The van der Waals surface area contributed by atoms with Gasteiger partial charge in [0.1, 0.15) is 5.82 Å². The van der Waals surface area contributed by atoms with E-state index in [0.29, 0.717) is 6.04 Å². The molecular formula is C20H23N7. The molecule has 0 radical (unpaired) electrons. The number of nitrogens with zero attached hydrogens (tertiary/aromatic N) is 6. The Bertz CT molecular complexity index is 946. The van der Waals surface area contributed by atoms with Gasteiger partial charge in [-0.1, -0.05) is 6.07 Å². The summed E-state index contributed by atoms with van der Waals surface area (Å²) in [6, 6.07) is 6.64. The molecule has 0 saturated heterocycles. The standard InChI is InChI=1S/C20H23N7/c1-26-11-14(10-22-26)19-24-18-7-9-27(12-16-4-2-3-8-21-16)13-17(18)20(25-19)23-15-5-6-15/h2-4,8,10-11,15H,5-7,9,12-13H2,1H3,(H,23,24,25). The number of pyridine rings is 1. The second kappa shape index (κ2) is 6.74. The maximum absolute atomic E-state index is 4.88. The zero-order valence-corrected chi connectivity index (χ0v) is 15.5. The first-order valence-corrected chi connectivity index (χ1v) is 9.52. The van der Waals surface area contributed by atoms with Crippen molar-refractivity contribution in [1.82, 2.24) is 29.6 Å². The molecule has 0 aromatic carbocycles. The van der Waals surface area contributed by atoms with E-state index in [1.807, 2.05) is 37.8 Å². The van der Waals surface area contributed by atoms with Crippen molar-refractivity contribution in [2.45, 2.75) is 38.4 Å². The lowest BCUT2D eigenvalue weighted by Crippen LogP contribution is -2.32.